The zero-order valence-corrected chi connectivity index (χ0v) is 17.1. The third-order valence-corrected chi connectivity index (χ3v) is 6.41. The summed E-state index contributed by atoms with van der Waals surface area (Å²) in [6.07, 6.45) is 1.57. The van der Waals surface area contributed by atoms with E-state index in [0.29, 0.717) is 23.5 Å². The summed E-state index contributed by atoms with van der Waals surface area (Å²) in [6.45, 7) is 2.66. The summed E-state index contributed by atoms with van der Waals surface area (Å²) >= 11 is 0. The van der Waals surface area contributed by atoms with Gasteiger partial charge in [0.1, 0.15) is 5.84 Å². The number of fused-ring (bicyclic) bond motifs is 1. The van der Waals surface area contributed by atoms with Gasteiger partial charge < -0.3 is 15.2 Å². The van der Waals surface area contributed by atoms with E-state index in [1.807, 2.05) is 43.1 Å². The summed E-state index contributed by atoms with van der Waals surface area (Å²) in [4.78, 5) is 17.9. The first-order valence-corrected chi connectivity index (χ1v) is 10.8. The summed E-state index contributed by atoms with van der Waals surface area (Å²) < 4.78 is 29.0. The molecular formula is C21H22N4O3S. The van der Waals surface area contributed by atoms with Crippen molar-refractivity contribution < 1.29 is 13.2 Å². The summed E-state index contributed by atoms with van der Waals surface area (Å²) in [7, 11) is -1.93. The normalized spacial score (nSPS) is 15.9. The average Bonchev–Trinajstić information content (AvgIpc) is 3.23. The molecular weight excluding hydrogens is 388 g/mol. The van der Waals surface area contributed by atoms with Crippen molar-refractivity contribution in [2.24, 2.45) is 4.40 Å². The number of aryl methyl sites for hydroxylation is 1. The van der Waals surface area contributed by atoms with Crippen LogP contribution in [0, 0.1) is 6.92 Å². The minimum absolute atomic E-state index is 0.103. The number of hydrogen-bond donors (Lipinski definition) is 2. The fourth-order valence-electron chi connectivity index (χ4n) is 3.57. The summed E-state index contributed by atoms with van der Waals surface area (Å²) in [5.74, 6) is 0.334. The molecule has 8 heteroatoms. The number of sulfonamides is 1. The summed E-state index contributed by atoms with van der Waals surface area (Å²) in [5.41, 5.74) is 2.77. The van der Waals surface area contributed by atoms with Crippen LogP contribution in [0.5, 0.6) is 0 Å². The van der Waals surface area contributed by atoms with E-state index in [-0.39, 0.29) is 10.8 Å². The van der Waals surface area contributed by atoms with E-state index in [2.05, 4.69) is 14.7 Å². The van der Waals surface area contributed by atoms with Crippen molar-refractivity contribution in [3.63, 3.8) is 0 Å². The standard InChI is InChI=1S/C21H22N4O3S/c1-14-20(17-6-3-4-7-18(17)22-14)21(26)23-15-9-11-16(12-10-15)29(27,28)24-19-8-5-13-25(19)2/h3-4,6-7,9-12,22H,5,8,13H2,1-2H3,(H,23,26). The van der Waals surface area contributed by atoms with Crippen LogP contribution in [0.3, 0.4) is 0 Å². The molecule has 2 N–H and O–H groups in total. The lowest BCUT2D eigenvalue weighted by molar-refractivity contribution is 0.102. The highest BCUT2D eigenvalue weighted by molar-refractivity contribution is 7.90. The second kappa shape index (κ2) is 7.36. The van der Waals surface area contributed by atoms with Gasteiger partial charge in [0, 0.05) is 42.3 Å². The number of anilines is 1. The fraction of sp³-hybridized carbons (Fsp3) is 0.238. The maximum atomic E-state index is 12.8. The molecule has 0 bridgehead atoms. The molecule has 4 rings (SSSR count). The molecule has 150 valence electrons. The molecule has 0 unspecified atom stereocenters. The predicted molar refractivity (Wildman–Crippen MR) is 114 cm³/mol. The van der Waals surface area contributed by atoms with Gasteiger partial charge in [0.2, 0.25) is 0 Å². The Morgan fingerprint density at radius 1 is 1.14 bits per heavy atom. The molecule has 1 amide bonds. The van der Waals surface area contributed by atoms with Crippen molar-refractivity contribution in [2.75, 3.05) is 18.9 Å². The van der Waals surface area contributed by atoms with Crippen LogP contribution in [0.25, 0.3) is 10.9 Å². The summed E-state index contributed by atoms with van der Waals surface area (Å²) in [6, 6.07) is 13.7. The molecule has 29 heavy (non-hydrogen) atoms. The zero-order valence-electron chi connectivity index (χ0n) is 16.3. The molecule has 7 nitrogen and oxygen atoms in total. The number of aromatic nitrogens is 1. The number of carbonyl (C=O) groups is 1. The first kappa shape index (κ1) is 19.2. The average molecular weight is 410 g/mol. The van der Waals surface area contributed by atoms with E-state index in [1.165, 1.54) is 12.1 Å². The Labute approximate surface area is 169 Å². The van der Waals surface area contributed by atoms with Crippen LogP contribution in [0.2, 0.25) is 0 Å². The van der Waals surface area contributed by atoms with Crippen LogP contribution in [0.1, 0.15) is 28.9 Å². The number of nitrogens with one attached hydrogen (secondary N) is 2. The second-order valence-electron chi connectivity index (χ2n) is 7.16. The number of nitrogens with zero attached hydrogens (tertiary/aromatic N) is 2. The molecule has 1 aliphatic heterocycles. The highest BCUT2D eigenvalue weighted by atomic mass is 32.2. The number of benzene rings is 2. The van der Waals surface area contributed by atoms with Crippen molar-refractivity contribution in [3.8, 4) is 0 Å². The van der Waals surface area contributed by atoms with Gasteiger partial charge in [-0.05, 0) is 43.7 Å². The molecule has 1 saturated heterocycles. The van der Waals surface area contributed by atoms with E-state index in [4.69, 9.17) is 0 Å². The highest BCUT2D eigenvalue weighted by Gasteiger charge is 2.21. The number of amides is 1. The Hall–Kier alpha value is -3.13. The van der Waals surface area contributed by atoms with Gasteiger partial charge in [0.05, 0.1) is 10.5 Å². The van der Waals surface area contributed by atoms with Gasteiger partial charge in [-0.3, -0.25) is 4.79 Å². The lowest BCUT2D eigenvalue weighted by Gasteiger charge is -2.11. The lowest BCUT2D eigenvalue weighted by Crippen LogP contribution is -2.20. The number of carbonyl (C=O) groups excluding carboxylic acids is 1. The van der Waals surface area contributed by atoms with E-state index in [9.17, 15) is 13.2 Å². The number of rotatable bonds is 4. The number of H-pyrrole nitrogens is 1. The predicted octanol–water partition coefficient (Wildman–Crippen LogP) is 3.54. The summed E-state index contributed by atoms with van der Waals surface area (Å²) in [5, 5.41) is 3.68. The molecule has 0 spiro atoms. The maximum Gasteiger partial charge on any atom is 0.283 e. The Bertz CT molecular complexity index is 1210. The highest BCUT2D eigenvalue weighted by Crippen LogP contribution is 2.24. The van der Waals surface area contributed by atoms with Crippen LogP contribution in [0.4, 0.5) is 5.69 Å². The number of likely N-dealkylation sites (tertiary alicyclic amines) is 1. The first-order chi connectivity index (χ1) is 13.8. The molecule has 2 aromatic carbocycles. The Morgan fingerprint density at radius 3 is 2.55 bits per heavy atom. The molecule has 1 fully saturated rings. The zero-order chi connectivity index (χ0) is 20.6. The van der Waals surface area contributed by atoms with Gasteiger partial charge >= 0.3 is 0 Å². The van der Waals surface area contributed by atoms with Crippen molar-refractivity contribution in [1.29, 1.82) is 0 Å². The molecule has 1 aliphatic rings. The third-order valence-electron chi connectivity index (χ3n) is 5.09. The van der Waals surface area contributed by atoms with E-state index in [0.717, 1.165) is 29.6 Å². The van der Waals surface area contributed by atoms with Crippen molar-refractivity contribution in [2.45, 2.75) is 24.7 Å². The molecule has 0 saturated carbocycles. The van der Waals surface area contributed by atoms with Crippen LogP contribution in [-0.2, 0) is 10.0 Å². The van der Waals surface area contributed by atoms with Gasteiger partial charge in [-0.1, -0.05) is 18.2 Å². The van der Waals surface area contributed by atoms with Crippen LogP contribution < -0.4 is 5.32 Å². The Kier molecular flexibility index (Phi) is 4.87. The van der Waals surface area contributed by atoms with Crippen LogP contribution in [0.15, 0.2) is 57.8 Å². The van der Waals surface area contributed by atoms with E-state index < -0.39 is 10.0 Å². The van der Waals surface area contributed by atoms with Crippen molar-refractivity contribution in [3.05, 3.63) is 59.8 Å². The van der Waals surface area contributed by atoms with E-state index >= 15 is 0 Å². The van der Waals surface area contributed by atoms with Crippen LogP contribution in [-0.4, -0.2) is 43.6 Å². The largest absolute Gasteiger partial charge is 0.362 e. The van der Waals surface area contributed by atoms with Crippen molar-refractivity contribution >= 4 is 38.4 Å². The molecule has 0 aliphatic carbocycles. The van der Waals surface area contributed by atoms with Gasteiger partial charge in [0.25, 0.3) is 15.9 Å². The van der Waals surface area contributed by atoms with Gasteiger partial charge in [-0.15, -0.1) is 4.40 Å². The Morgan fingerprint density at radius 2 is 1.86 bits per heavy atom. The minimum Gasteiger partial charge on any atom is -0.362 e. The molecule has 3 aromatic rings. The number of hydrogen-bond acceptors (Lipinski definition) is 3. The monoisotopic (exact) mass is 410 g/mol. The van der Waals surface area contributed by atoms with Gasteiger partial charge in [-0.25, -0.2) is 0 Å². The second-order valence-corrected chi connectivity index (χ2v) is 8.76. The molecule has 0 atom stereocenters. The number of aromatic amines is 1. The number of para-hydroxylation sites is 1. The SMILES string of the molecule is Cc1[nH]c2ccccc2c1C(=O)Nc1ccc(S(=O)(=O)N=C2CCCN2C)cc1. The number of amidine groups is 1. The van der Waals surface area contributed by atoms with Gasteiger partial charge in [-0.2, -0.15) is 8.42 Å². The molecule has 2 heterocycles. The minimum atomic E-state index is -3.77. The van der Waals surface area contributed by atoms with Crippen molar-refractivity contribution in [1.82, 2.24) is 9.88 Å². The molecule has 1 aromatic heterocycles. The Balaban J connectivity index is 1.55. The smallest absolute Gasteiger partial charge is 0.283 e. The lowest BCUT2D eigenvalue weighted by atomic mass is 10.1. The first-order valence-electron chi connectivity index (χ1n) is 9.39. The third kappa shape index (κ3) is 3.75. The molecule has 0 radical (unpaired) electrons. The quantitative estimate of drug-likeness (QED) is 0.688. The van der Waals surface area contributed by atoms with E-state index in [1.54, 1.807) is 12.1 Å². The van der Waals surface area contributed by atoms with Crippen LogP contribution >= 0.6 is 0 Å². The topological polar surface area (TPSA) is 94.6 Å². The fourth-order valence-corrected chi connectivity index (χ4v) is 4.67. The maximum absolute atomic E-state index is 12.8. The van der Waals surface area contributed by atoms with Gasteiger partial charge in [0.15, 0.2) is 0 Å².